The number of aromatic nitrogens is 5. The average molecular weight is 241 g/mol. The van der Waals surface area contributed by atoms with Crippen molar-refractivity contribution in [1.29, 1.82) is 0 Å². The lowest BCUT2D eigenvalue weighted by molar-refractivity contribution is 0.465. The minimum atomic E-state index is 0.436. The third-order valence-corrected chi connectivity index (χ3v) is 2.61. The molecule has 2 heterocycles. The number of tetrazole rings is 1. The van der Waals surface area contributed by atoms with Crippen molar-refractivity contribution >= 4 is 0 Å². The van der Waals surface area contributed by atoms with Crippen LogP contribution in [0.2, 0.25) is 0 Å². The summed E-state index contributed by atoms with van der Waals surface area (Å²) in [6.45, 7) is 2.27. The Kier molecular flexibility index (Phi) is 2.60. The summed E-state index contributed by atoms with van der Waals surface area (Å²) in [4.78, 5) is 4.23. The molecule has 0 radical (unpaired) electrons. The first kappa shape index (κ1) is 10.6. The molecule has 2 aromatic heterocycles. The Hall–Kier alpha value is -2.50. The number of benzene rings is 1. The van der Waals surface area contributed by atoms with Gasteiger partial charge in [-0.25, -0.2) is 9.67 Å². The molecule has 18 heavy (non-hydrogen) atoms. The molecule has 0 aliphatic rings. The maximum atomic E-state index is 5.67. The van der Waals surface area contributed by atoms with Gasteiger partial charge in [0.1, 0.15) is 12.4 Å². The number of hydrogen-bond acceptors (Lipinski definition) is 5. The third-order valence-electron chi connectivity index (χ3n) is 2.61. The molecule has 0 atom stereocenters. The first-order chi connectivity index (χ1) is 8.83. The molecule has 6 nitrogen and oxygen atoms in total. The zero-order valence-electron chi connectivity index (χ0n) is 9.82. The lowest BCUT2D eigenvalue weighted by Crippen LogP contribution is -2.04. The maximum absolute atomic E-state index is 5.67. The van der Waals surface area contributed by atoms with Crippen LogP contribution in [0, 0.1) is 6.92 Å². The molecule has 0 aliphatic carbocycles. The molecule has 0 unspecified atom stereocenters. The molecule has 0 saturated heterocycles. The van der Waals surface area contributed by atoms with Crippen LogP contribution < -0.4 is 0 Å². The van der Waals surface area contributed by atoms with Crippen molar-refractivity contribution in [2.45, 2.75) is 13.5 Å². The van der Waals surface area contributed by atoms with E-state index in [1.165, 1.54) is 0 Å². The highest BCUT2D eigenvalue weighted by molar-refractivity contribution is 5.55. The fourth-order valence-electron chi connectivity index (χ4n) is 1.64. The van der Waals surface area contributed by atoms with Gasteiger partial charge in [0.15, 0.2) is 5.76 Å². The summed E-state index contributed by atoms with van der Waals surface area (Å²) in [6, 6.07) is 9.84. The topological polar surface area (TPSA) is 69.6 Å². The van der Waals surface area contributed by atoms with Gasteiger partial charge in [0.05, 0.1) is 6.20 Å². The smallest absolute Gasteiger partial charge is 0.216 e. The van der Waals surface area contributed by atoms with Crippen LogP contribution in [0.15, 0.2) is 40.9 Å². The fraction of sp³-hybridized carbons (Fsp3) is 0.167. The second-order valence-corrected chi connectivity index (χ2v) is 3.87. The Labute approximate surface area is 103 Å². The van der Waals surface area contributed by atoms with E-state index in [1.54, 1.807) is 10.9 Å². The van der Waals surface area contributed by atoms with Gasteiger partial charge in [-0.2, -0.15) is 0 Å². The van der Waals surface area contributed by atoms with Crippen molar-refractivity contribution in [1.82, 2.24) is 25.2 Å². The van der Waals surface area contributed by atoms with Gasteiger partial charge in [-0.15, -0.1) is 5.10 Å². The van der Waals surface area contributed by atoms with E-state index in [0.29, 0.717) is 12.4 Å². The van der Waals surface area contributed by atoms with E-state index in [4.69, 9.17) is 4.42 Å². The summed E-state index contributed by atoms with van der Waals surface area (Å²) in [5.41, 5.74) is 1.00. The SMILES string of the molecule is Cc1nnnn1Cc1ncc(-c2ccccc2)o1. The molecule has 6 heteroatoms. The largest absolute Gasteiger partial charge is 0.439 e. The highest BCUT2D eigenvalue weighted by Gasteiger charge is 2.08. The molecule has 90 valence electrons. The summed E-state index contributed by atoms with van der Waals surface area (Å²) < 4.78 is 7.31. The number of nitrogens with zero attached hydrogens (tertiary/aromatic N) is 5. The van der Waals surface area contributed by atoms with Gasteiger partial charge in [0.25, 0.3) is 0 Å². The molecular formula is C12H11N5O. The molecule has 0 fully saturated rings. The molecule has 0 amide bonds. The van der Waals surface area contributed by atoms with Crippen molar-refractivity contribution in [3.05, 3.63) is 48.2 Å². The Morgan fingerprint density at radius 1 is 1.22 bits per heavy atom. The van der Waals surface area contributed by atoms with Crippen LogP contribution in [0.3, 0.4) is 0 Å². The first-order valence-corrected chi connectivity index (χ1v) is 5.56. The molecular weight excluding hydrogens is 230 g/mol. The summed E-state index contributed by atoms with van der Waals surface area (Å²) in [7, 11) is 0. The van der Waals surface area contributed by atoms with Crippen molar-refractivity contribution in [2.75, 3.05) is 0 Å². The highest BCUT2D eigenvalue weighted by atomic mass is 16.4. The second kappa shape index (κ2) is 4.40. The summed E-state index contributed by atoms with van der Waals surface area (Å²) in [5, 5.41) is 11.2. The summed E-state index contributed by atoms with van der Waals surface area (Å²) in [6.07, 6.45) is 1.71. The van der Waals surface area contributed by atoms with E-state index < -0.39 is 0 Å². The van der Waals surface area contributed by atoms with Gasteiger partial charge in [0.2, 0.25) is 5.89 Å². The normalized spacial score (nSPS) is 10.7. The van der Waals surface area contributed by atoms with Crippen LogP contribution in [0.25, 0.3) is 11.3 Å². The van der Waals surface area contributed by atoms with Crippen LogP contribution in [0.1, 0.15) is 11.7 Å². The van der Waals surface area contributed by atoms with E-state index >= 15 is 0 Å². The van der Waals surface area contributed by atoms with Crippen LogP contribution in [-0.4, -0.2) is 25.2 Å². The number of oxazole rings is 1. The highest BCUT2D eigenvalue weighted by Crippen LogP contribution is 2.19. The van der Waals surface area contributed by atoms with Crippen LogP contribution >= 0.6 is 0 Å². The summed E-state index contributed by atoms with van der Waals surface area (Å²) >= 11 is 0. The fourth-order valence-corrected chi connectivity index (χ4v) is 1.64. The molecule has 0 aliphatic heterocycles. The van der Waals surface area contributed by atoms with E-state index in [0.717, 1.165) is 17.1 Å². The zero-order valence-corrected chi connectivity index (χ0v) is 9.82. The van der Waals surface area contributed by atoms with Crippen LogP contribution in [-0.2, 0) is 6.54 Å². The first-order valence-electron chi connectivity index (χ1n) is 5.56. The van der Waals surface area contributed by atoms with E-state index in [-0.39, 0.29) is 0 Å². The van der Waals surface area contributed by atoms with Crippen molar-refractivity contribution in [3.63, 3.8) is 0 Å². The lowest BCUT2D eigenvalue weighted by atomic mass is 10.2. The molecule has 3 rings (SSSR count). The number of aryl methyl sites for hydroxylation is 1. The average Bonchev–Trinajstić information content (AvgIpc) is 3.02. The maximum Gasteiger partial charge on any atom is 0.216 e. The quantitative estimate of drug-likeness (QED) is 0.697. The minimum absolute atomic E-state index is 0.436. The van der Waals surface area contributed by atoms with Gasteiger partial charge < -0.3 is 4.42 Å². The van der Waals surface area contributed by atoms with Crippen molar-refractivity contribution < 1.29 is 4.42 Å². The minimum Gasteiger partial charge on any atom is -0.439 e. The van der Waals surface area contributed by atoms with Gasteiger partial charge >= 0.3 is 0 Å². The molecule has 3 aromatic rings. The van der Waals surface area contributed by atoms with E-state index in [1.807, 2.05) is 37.3 Å². The predicted molar refractivity (Wildman–Crippen MR) is 63.6 cm³/mol. The third kappa shape index (κ3) is 2.00. The van der Waals surface area contributed by atoms with Crippen molar-refractivity contribution in [2.24, 2.45) is 0 Å². The number of rotatable bonds is 3. The summed E-state index contributed by atoms with van der Waals surface area (Å²) in [5.74, 6) is 2.06. The predicted octanol–water partition coefficient (Wildman–Crippen LogP) is 1.68. The van der Waals surface area contributed by atoms with Crippen LogP contribution in [0.5, 0.6) is 0 Å². The molecule has 0 spiro atoms. The Morgan fingerprint density at radius 3 is 2.78 bits per heavy atom. The monoisotopic (exact) mass is 241 g/mol. The van der Waals surface area contributed by atoms with Gasteiger partial charge in [-0.05, 0) is 17.4 Å². The van der Waals surface area contributed by atoms with Crippen molar-refractivity contribution in [3.8, 4) is 11.3 Å². The van der Waals surface area contributed by atoms with E-state index in [9.17, 15) is 0 Å². The lowest BCUT2D eigenvalue weighted by Gasteiger charge is -1.97. The van der Waals surface area contributed by atoms with Gasteiger partial charge in [0, 0.05) is 5.56 Å². The number of hydrogen-bond donors (Lipinski definition) is 0. The molecule has 0 saturated carbocycles. The van der Waals surface area contributed by atoms with E-state index in [2.05, 4.69) is 20.5 Å². The molecule has 0 bridgehead atoms. The molecule has 1 aromatic carbocycles. The Bertz CT molecular complexity index is 643. The van der Waals surface area contributed by atoms with Crippen LogP contribution in [0.4, 0.5) is 0 Å². The Morgan fingerprint density at radius 2 is 2.06 bits per heavy atom. The standard InChI is InChI=1S/C12H11N5O/c1-9-14-15-16-17(9)8-12-13-7-11(18-12)10-5-3-2-4-6-10/h2-7H,8H2,1H3. The zero-order chi connectivity index (χ0) is 12.4. The Balaban J connectivity index is 1.84. The second-order valence-electron chi connectivity index (χ2n) is 3.87. The van der Waals surface area contributed by atoms with Gasteiger partial charge in [-0.3, -0.25) is 0 Å². The molecule has 0 N–H and O–H groups in total. The van der Waals surface area contributed by atoms with Gasteiger partial charge in [-0.1, -0.05) is 30.3 Å².